The molecule has 0 aromatic carbocycles. The normalized spacial score (nSPS) is 16.1. The summed E-state index contributed by atoms with van der Waals surface area (Å²) in [5.74, 6) is 0.813. The van der Waals surface area contributed by atoms with Crippen molar-refractivity contribution in [3.05, 3.63) is 0 Å². The average Bonchev–Trinajstić information content (AvgIpc) is 2.90. The van der Waals surface area contributed by atoms with E-state index in [1.165, 1.54) is 51.4 Å². The smallest absolute Gasteiger partial charge is 0.225 e. The van der Waals surface area contributed by atoms with E-state index in [2.05, 4.69) is 18.7 Å². The van der Waals surface area contributed by atoms with Crippen LogP contribution in [0.25, 0.3) is 0 Å². The Morgan fingerprint density at radius 1 is 0.944 bits per heavy atom. The number of nitrogens with zero attached hydrogens (tertiary/aromatic N) is 1. The van der Waals surface area contributed by atoms with Gasteiger partial charge in [0.25, 0.3) is 0 Å². The van der Waals surface area contributed by atoms with Crippen molar-refractivity contribution in [2.75, 3.05) is 13.1 Å². The van der Waals surface area contributed by atoms with Crippen LogP contribution in [-0.4, -0.2) is 23.9 Å². The summed E-state index contributed by atoms with van der Waals surface area (Å²) in [6.07, 6.45) is 12.1. The van der Waals surface area contributed by atoms with Crippen molar-refractivity contribution in [1.29, 1.82) is 0 Å². The lowest BCUT2D eigenvalue weighted by Gasteiger charge is -2.25. The predicted molar refractivity (Wildman–Crippen MR) is 77.6 cm³/mol. The first-order valence-corrected chi connectivity index (χ1v) is 8.08. The van der Waals surface area contributed by atoms with Gasteiger partial charge < -0.3 is 4.90 Å². The molecule has 0 spiro atoms. The molecule has 1 aliphatic carbocycles. The van der Waals surface area contributed by atoms with Gasteiger partial charge in [-0.25, -0.2) is 0 Å². The predicted octanol–water partition coefficient (Wildman–Crippen LogP) is 4.39. The topological polar surface area (TPSA) is 20.3 Å². The Morgan fingerprint density at radius 2 is 1.44 bits per heavy atom. The molecule has 106 valence electrons. The third kappa shape index (κ3) is 5.41. The number of hydrogen-bond donors (Lipinski definition) is 0. The summed E-state index contributed by atoms with van der Waals surface area (Å²) < 4.78 is 0. The van der Waals surface area contributed by atoms with E-state index in [1.54, 1.807) is 0 Å². The molecule has 0 radical (unpaired) electrons. The fourth-order valence-electron chi connectivity index (χ4n) is 2.87. The van der Waals surface area contributed by atoms with E-state index in [1.807, 2.05) is 0 Å². The Bertz CT molecular complexity index is 211. The van der Waals surface area contributed by atoms with Gasteiger partial charge in [-0.3, -0.25) is 4.79 Å². The van der Waals surface area contributed by atoms with Crippen LogP contribution in [0.4, 0.5) is 0 Å². The lowest BCUT2D eigenvalue weighted by Crippen LogP contribution is -2.36. The number of hydrogen-bond acceptors (Lipinski definition) is 1. The standard InChI is InChI=1S/C16H31NO/c1-3-5-9-13-17(14-10-6-4-2)16(18)15-11-7-8-12-15/h15H,3-14H2,1-2H3. The largest absolute Gasteiger partial charge is 0.342 e. The number of amides is 1. The first-order valence-electron chi connectivity index (χ1n) is 8.08. The van der Waals surface area contributed by atoms with E-state index < -0.39 is 0 Å². The Kier molecular flexibility index (Phi) is 8.11. The molecule has 0 saturated heterocycles. The summed E-state index contributed by atoms with van der Waals surface area (Å²) in [5.41, 5.74) is 0. The second kappa shape index (κ2) is 9.41. The molecule has 1 rings (SSSR count). The van der Waals surface area contributed by atoms with Crippen molar-refractivity contribution in [1.82, 2.24) is 4.90 Å². The first kappa shape index (κ1) is 15.5. The number of carbonyl (C=O) groups excluding carboxylic acids is 1. The zero-order valence-electron chi connectivity index (χ0n) is 12.4. The van der Waals surface area contributed by atoms with Gasteiger partial charge in [0.2, 0.25) is 5.91 Å². The molecular weight excluding hydrogens is 222 g/mol. The van der Waals surface area contributed by atoms with Crippen LogP contribution >= 0.6 is 0 Å². The summed E-state index contributed by atoms with van der Waals surface area (Å²) >= 11 is 0. The molecule has 0 heterocycles. The molecule has 2 nitrogen and oxygen atoms in total. The molecule has 0 atom stereocenters. The average molecular weight is 253 g/mol. The number of rotatable bonds is 9. The molecule has 1 fully saturated rings. The second-order valence-electron chi connectivity index (χ2n) is 5.72. The summed E-state index contributed by atoms with van der Waals surface area (Å²) in [6, 6.07) is 0. The Balaban J connectivity index is 2.38. The maximum atomic E-state index is 12.5. The Morgan fingerprint density at radius 3 is 1.89 bits per heavy atom. The van der Waals surface area contributed by atoms with Gasteiger partial charge >= 0.3 is 0 Å². The zero-order valence-corrected chi connectivity index (χ0v) is 12.4. The van der Waals surface area contributed by atoms with Crippen molar-refractivity contribution < 1.29 is 4.79 Å². The number of unbranched alkanes of at least 4 members (excludes halogenated alkanes) is 4. The van der Waals surface area contributed by atoms with Gasteiger partial charge in [-0.2, -0.15) is 0 Å². The van der Waals surface area contributed by atoms with Crippen molar-refractivity contribution >= 4 is 5.91 Å². The number of carbonyl (C=O) groups is 1. The molecule has 0 aromatic heterocycles. The fraction of sp³-hybridized carbons (Fsp3) is 0.938. The molecular formula is C16H31NO. The van der Waals surface area contributed by atoms with E-state index in [-0.39, 0.29) is 0 Å². The quantitative estimate of drug-likeness (QED) is 0.558. The first-order chi connectivity index (χ1) is 8.79. The molecule has 18 heavy (non-hydrogen) atoms. The highest BCUT2D eigenvalue weighted by Gasteiger charge is 2.26. The maximum Gasteiger partial charge on any atom is 0.225 e. The molecule has 0 aromatic rings. The molecule has 1 amide bonds. The minimum absolute atomic E-state index is 0.355. The van der Waals surface area contributed by atoms with Gasteiger partial charge in [0.1, 0.15) is 0 Å². The van der Waals surface area contributed by atoms with Crippen LogP contribution in [0.2, 0.25) is 0 Å². The Labute approximate surface area is 113 Å². The van der Waals surface area contributed by atoms with Gasteiger partial charge in [0, 0.05) is 19.0 Å². The monoisotopic (exact) mass is 253 g/mol. The molecule has 0 bridgehead atoms. The van der Waals surface area contributed by atoms with Crippen molar-refractivity contribution in [3.63, 3.8) is 0 Å². The third-order valence-corrected chi connectivity index (χ3v) is 4.08. The van der Waals surface area contributed by atoms with E-state index in [9.17, 15) is 4.79 Å². The van der Waals surface area contributed by atoms with Gasteiger partial charge in [0.05, 0.1) is 0 Å². The van der Waals surface area contributed by atoms with Crippen LogP contribution in [0.5, 0.6) is 0 Å². The highest BCUT2D eigenvalue weighted by molar-refractivity contribution is 5.79. The second-order valence-corrected chi connectivity index (χ2v) is 5.72. The Hall–Kier alpha value is -0.530. The van der Waals surface area contributed by atoms with E-state index in [4.69, 9.17) is 0 Å². The van der Waals surface area contributed by atoms with E-state index in [0.29, 0.717) is 11.8 Å². The van der Waals surface area contributed by atoms with Crippen molar-refractivity contribution in [2.45, 2.75) is 78.1 Å². The van der Waals surface area contributed by atoms with Crippen LogP contribution in [0, 0.1) is 5.92 Å². The molecule has 0 N–H and O–H groups in total. The summed E-state index contributed by atoms with van der Waals surface area (Å²) in [4.78, 5) is 14.6. The van der Waals surface area contributed by atoms with E-state index in [0.717, 1.165) is 25.9 Å². The van der Waals surface area contributed by atoms with Gasteiger partial charge in [-0.05, 0) is 25.7 Å². The lowest BCUT2D eigenvalue weighted by molar-refractivity contribution is -0.135. The minimum atomic E-state index is 0.355. The maximum absolute atomic E-state index is 12.5. The fourth-order valence-corrected chi connectivity index (χ4v) is 2.87. The van der Waals surface area contributed by atoms with Gasteiger partial charge in [-0.15, -0.1) is 0 Å². The molecule has 1 aliphatic rings. The van der Waals surface area contributed by atoms with Crippen molar-refractivity contribution in [2.24, 2.45) is 5.92 Å². The minimum Gasteiger partial charge on any atom is -0.342 e. The van der Waals surface area contributed by atoms with Crippen LogP contribution in [-0.2, 0) is 4.79 Å². The molecule has 0 aliphatic heterocycles. The SMILES string of the molecule is CCCCCN(CCCCC)C(=O)C1CCCC1. The summed E-state index contributed by atoms with van der Waals surface area (Å²) in [6.45, 7) is 6.43. The van der Waals surface area contributed by atoms with E-state index >= 15 is 0 Å². The van der Waals surface area contributed by atoms with Gasteiger partial charge in [0.15, 0.2) is 0 Å². The van der Waals surface area contributed by atoms with Crippen molar-refractivity contribution in [3.8, 4) is 0 Å². The summed E-state index contributed by atoms with van der Waals surface area (Å²) in [5, 5.41) is 0. The molecule has 1 saturated carbocycles. The van der Waals surface area contributed by atoms with Crippen LogP contribution in [0.1, 0.15) is 78.1 Å². The molecule has 0 unspecified atom stereocenters. The third-order valence-electron chi connectivity index (χ3n) is 4.08. The summed E-state index contributed by atoms with van der Waals surface area (Å²) in [7, 11) is 0. The molecule has 2 heteroatoms. The zero-order chi connectivity index (χ0) is 13.2. The van der Waals surface area contributed by atoms with Crippen LogP contribution in [0.15, 0.2) is 0 Å². The lowest BCUT2D eigenvalue weighted by atomic mass is 10.1. The highest BCUT2D eigenvalue weighted by atomic mass is 16.2. The van der Waals surface area contributed by atoms with Crippen LogP contribution in [0.3, 0.4) is 0 Å². The van der Waals surface area contributed by atoms with Crippen LogP contribution < -0.4 is 0 Å². The highest BCUT2D eigenvalue weighted by Crippen LogP contribution is 2.26. The van der Waals surface area contributed by atoms with Gasteiger partial charge in [-0.1, -0.05) is 52.4 Å².